The summed E-state index contributed by atoms with van der Waals surface area (Å²) in [6, 6.07) is 16.7. The number of nitrogens with zero attached hydrogens (tertiary/aromatic N) is 2. The molecule has 0 heterocycles. The highest BCUT2D eigenvalue weighted by Gasteiger charge is 2.13. The molecule has 2 aromatic carbocycles. The van der Waals surface area contributed by atoms with Crippen molar-refractivity contribution in [2.24, 2.45) is 0 Å². The Morgan fingerprint density at radius 3 is 2.60 bits per heavy atom. The van der Waals surface area contributed by atoms with Crippen molar-refractivity contribution in [3.05, 3.63) is 53.6 Å². The molecule has 0 saturated carbocycles. The molecule has 0 aromatic heterocycles. The van der Waals surface area contributed by atoms with Gasteiger partial charge in [-0.2, -0.15) is 5.26 Å². The summed E-state index contributed by atoms with van der Waals surface area (Å²) in [4.78, 5) is 3.12. The van der Waals surface area contributed by atoms with Gasteiger partial charge in [0.2, 0.25) is 0 Å². The number of hydrogen-bond donors (Lipinski definition) is 0. The van der Waals surface area contributed by atoms with E-state index in [0.717, 1.165) is 27.6 Å². The van der Waals surface area contributed by atoms with Gasteiger partial charge in [0.1, 0.15) is 6.07 Å². The first kappa shape index (κ1) is 14.5. The average Bonchev–Trinajstić information content (AvgIpc) is 2.46. The normalized spacial score (nSPS) is 10.1. The van der Waals surface area contributed by atoms with E-state index in [-0.39, 0.29) is 0 Å². The van der Waals surface area contributed by atoms with Gasteiger partial charge in [0.25, 0.3) is 0 Å². The maximum atomic E-state index is 9.49. The van der Waals surface area contributed by atoms with Gasteiger partial charge in [0.05, 0.1) is 11.3 Å². The van der Waals surface area contributed by atoms with Gasteiger partial charge in [0.15, 0.2) is 0 Å². The summed E-state index contributed by atoms with van der Waals surface area (Å²) in [5.74, 6) is 0.965. The van der Waals surface area contributed by atoms with Crippen molar-refractivity contribution in [2.75, 3.05) is 17.7 Å². The topological polar surface area (TPSA) is 27.0 Å². The molecule has 0 spiro atoms. The van der Waals surface area contributed by atoms with Crippen molar-refractivity contribution in [2.45, 2.75) is 18.7 Å². The fraction of sp³-hybridized carbons (Fsp3) is 0.235. The Kier molecular flexibility index (Phi) is 4.70. The maximum Gasteiger partial charge on any atom is 0.103 e. The predicted molar refractivity (Wildman–Crippen MR) is 86.8 cm³/mol. The molecule has 2 aromatic rings. The second-order valence-electron chi connectivity index (χ2n) is 4.59. The summed E-state index contributed by atoms with van der Waals surface area (Å²) in [6.45, 7) is 4.18. The summed E-state index contributed by atoms with van der Waals surface area (Å²) >= 11 is 1.71. The van der Waals surface area contributed by atoms with Crippen molar-refractivity contribution in [1.82, 2.24) is 0 Å². The first-order chi connectivity index (χ1) is 9.67. The molecule has 2 rings (SSSR count). The van der Waals surface area contributed by atoms with Gasteiger partial charge in [-0.25, -0.2) is 0 Å². The molecule has 0 amide bonds. The standard InChI is InChI=1S/C17H18N2S/c1-4-20-17-10-6-9-16(15(17)12-18)19(3)14-8-5-7-13(2)11-14/h5-11H,4H2,1-3H3. The smallest absolute Gasteiger partial charge is 0.103 e. The van der Waals surface area contributed by atoms with E-state index in [0.29, 0.717) is 0 Å². The lowest BCUT2D eigenvalue weighted by molar-refractivity contribution is 1.17. The number of rotatable bonds is 4. The van der Waals surface area contributed by atoms with Gasteiger partial charge in [-0.1, -0.05) is 25.1 Å². The molecule has 0 radical (unpaired) electrons. The minimum absolute atomic E-state index is 0.753. The van der Waals surface area contributed by atoms with Crippen LogP contribution in [0.3, 0.4) is 0 Å². The number of aryl methyl sites for hydroxylation is 1. The van der Waals surface area contributed by atoms with Crippen LogP contribution >= 0.6 is 11.8 Å². The Labute approximate surface area is 125 Å². The molecule has 2 nitrogen and oxygen atoms in total. The van der Waals surface area contributed by atoms with Gasteiger partial charge < -0.3 is 4.90 Å². The minimum Gasteiger partial charge on any atom is -0.344 e. The van der Waals surface area contributed by atoms with Crippen molar-refractivity contribution >= 4 is 23.1 Å². The Balaban J connectivity index is 2.47. The lowest BCUT2D eigenvalue weighted by Crippen LogP contribution is -2.11. The summed E-state index contributed by atoms with van der Waals surface area (Å²) in [6.07, 6.45) is 0. The fourth-order valence-electron chi connectivity index (χ4n) is 2.16. The number of thioether (sulfide) groups is 1. The van der Waals surface area contributed by atoms with Crippen LogP contribution in [0, 0.1) is 18.3 Å². The van der Waals surface area contributed by atoms with Crippen LogP contribution in [0.25, 0.3) is 0 Å². The van der Waals surface area contributed by atoms with Crippen LogP contribution in [0.4, 0.5) is 11.4 Å². The van der Waals surface area contributed by atoms with Crippen LogP contribution < -0.4 is 4.90 Å². The third-order valence-corrected chi connectivity index (χ3v) is 4.11. The van der Waals surface area contributed by atoms with Gasteiger partial charge in [-0.15, -0.1) is 11.8 Å². The Morgan fingerprint density at radius 2 is 1.95 bits per heavy atom. The van der Waals surface area contributed by atoms with E-state index in [1.54, 1.807) is 11.8 Å². The highest BCUT2D eigenvalue weighted by molar-refractivity contribution is 7.99. The van der Waals surface area contributed by atoms with Crippen LogP contribution in [0.15, 0.2) is 47.4 Å². The van der Waals surface area contributed by atoms with Crippen molar-refractivity contribution in [1.29, 1.82) is 5.26 Å². The van der Waals surface area contributed by atoms with E-state index in [1.807, 2.05) is 31.3 Å². The second kappa shape index (κ2) is 6.49. The summed E-state index contributed by atoms with van der Waals surface area (Å²) < 4.78 is 0. The summed E-state index contributed by atoms with van der Waals surface area (Å²) in [5, 5.41) is 9.49. The molecule has 0 aliphatic rings. The molecule has 3 heteroatoms. The fourth-order valence-corrected chi connectivity index (χ4v) is 2.94. The maximum absolute atomic E-state index is 9.49. The lowest BCUT2D eigenvalue weighted by atomic mass is 10.1. The van der Waals surface area contributed by atoms with Crippen LogP contribution in [-0.2, 0) is 0 Å². The first-order valence-electron chi connectivity index (χ1n) is 6.63. The van der Waals surface area contributed by atoms with Gasteiger partial charge in [0, 0.05) is 17.6 Å². The van der Waals surface area contributed by atoms with E-state index in [9.17, 15) is 5.26 Å². The van der Waals surface area contributed by atoms with Crippen molar-refractivity contribution in [3.63, 3.8) is 0 Å². The average molecular weight is 282 g/mol. The second-order valence-corrected chi connectivity index (χ2v) is 5.90. The molecule has 102 valence electrons. The lowest BCUT2D eigenvalue weighted by Gasteiger charge is -2.22. The molecular formula is C17H18N2S. The minimum atomic E-state index is 0.753. The molecule has 20 heavy (non-hydrogen) atoms. The van der Waals surface area contributed by atoms with Crippen LogP contribution in [0.5, 0.6) is 0 Å². The molecule has 0 aliphatic heterocycles. The zero-order valence-corrected chi connectivity index (χ0v) is 12.9. The van der Waals surface area contributed by atoms with Gasteiger partial charge >= 0.3 is 0 Å². The number of hydrogen-bond acceptors (Lipinski definition) is 3. The molecule has 0 fully saturated rings. The summed E-state index contributed by atoms with van der Waals surface area (Å²) in [5.41, 5.74) is 4.02. The quantitative estimate of drug-likeness (QED) is 0.757. The molecule has 0 aliphatic carbocycles. The first-order valence-corrected chi connectivity index (χ1v) is 7.62. The van der Waals surface area contributed by atoms with E-state index < -0.39 is 0 Å². The molecule has 0 unspecified atom stereocenters. The van der Waals surface area contributed by atoms with E-state index in [4.69, 9.17) is 0 Å². The van der Waals surface area contributed by atoms with Gasteiger partial charge in [-0.3, -0.25) is 0 Å². The Bertz CT molecular complexity index is 644. The molecule has 0 atom stereocenters. The molecule has 0 bridgehead atoms. The summed E-state index contributed by atoms with van der Waals surface area (Å²) in [7, 11) is 2.01. The third kappa shape index (κ3) is 2.97. The van der Waals surface area contributed by atoms with E-state index >= 15 is 0 Å². The largest absolute Gasteiger partial charge is 0.344 e. The molecule has 0 saturated heterocycles. The van der Waals surface area contributed by atoms with Gasteiger partial charge in [-0.05, 0) is 42.5 Å². The Morgan fingerprint density at radius 1 is 1.20 bits per heavy atom. The third-order valence-electron chi connectivity index (χ3n) is 3.17. The number of anilines is 2. The Hall–Kier alpha value is -1.92. The van der Waals surface area contributed by atoms with E-state index in [1.165, 1.54) is 5.56 Å². The zero-order chi connectivity index (χ0) is 14.5. The SMILES string of the molecule is CCSc1cccc(N(C)c2cccc(C)c2)c1C#N. The number of benzene rings is 2. The molecule has 0 N–H and O–H groups in total. The highest BCUT2D eigenvalue weighted by Crippen LogP contribution is 2.33. The van der Waals surface area contributed by atoms with Crippen molar-refractivity contribution in [3.8, 4) is 6.07 Å². The zero-order valence-electron chi connectivity index (χ0n) is 12.1. The van der Waals surface area contributed by atoms with Crippen LogP contribution in [0.1, 0.15) is 18.1 Å². The van der Waals surface area contributed by atoms with Crippen LogP contribution in [0.2, 0.25) is 0 Å². The van der Waals surface area contributed by atoms with Crippen LogP contribution in [-0.4, -0.2) is 12.8 Å². The molecular weight excluding hydrogens is 264 g/mol. The number of nitriles is 1. The highest BCUT2D eigenvalue weighted by atomic mass is 32.2. The predicted octanol–water partition coefficient (Wildman–Crippen LogP) is 4.75. The van der Waals surface area contributed by atoms with E-state index in [2.05, 4.69) is 43.0 Å². The monoisotopic (exact) mass is 282 g/mol. The van der Waals surface area contributed by atoms with Crippen molar-refractivity contribution < 1.29 is 0 Å².